The minimum atomic E-state index is 0.152. The predicted molar refractivity (Wildman–Crippen MR) is 83.3 cm³/mol. The van der Waals surface area contributed by atoms with Crippen LogP contribution in [0.2, 0.25) is 0 Å². The molecule has 3 aliphatic rings. The molecule has 0 bridgehead atoms. The Kier molecular flexibility index (Phi) is 3.36. The van der Waals surface area contributed by atoms with Crippen LogP contribution in [0.25, 0.3) is 0 Å². The van der Waals surface area contributed by atoms with Crippen LogP contribution in [0.1, 0.15) is 54.6 Å². The van der Waals surface area contributed by atoms with Crippen molar-refractivity contribution in [3.05, 3.63) is 15.6 Å². The average Bonchev–Trinajstić information content (AvgIpc) is 3.07. The van der Waals surface area contributed by atoms with Gasteiger partial charge in [-0.3, -0.25) is 4.90 Å². The molecule has 1 saturated heterocycles. The van der Waals surface area contributed by atoms with Crippen molar-refractivity contribution >= 4 is 11.3 Å². The molecule has 2 aliphatic carbocycles. The molecule has 0 amide bonds. The zero-order chi connectivity index (χ0) is 13.6. The van der Waals surface area contributed by atoms with Gasteiger partial charge in [0.25, 0.3) is 0 Å². The second kappa shape index (κ2) is 5.08. The van der Waals surface area contributed by atoms with Crippen LogP contribution < -0.4 is 5.32 Å². The van der Waals surface area contributed by atoms with Gasteiger partial charge in [0.15, 0.2) is 0 Å². The molecular weight excluding hydrogens is 266 g/mol. The number of aryl methyl sites for hydroxylation is 2. The first-order valence-corrected chi connectivity index (χ1v) is 9.10. The van der Waals surface area contributed by atoms with Crippen molar-refractivity contribution in [1.82, 2.24) is 15.2 Å². The summed E-state index contributed by atoms with van der Waals surface area (Å²) in [6.07, 6.45) is 9.23. The fourth-order valence-corrected chi connectivity index (χ4v) is 5.22. The summed E-state index contributed by atoms with van der Waals surface area (Å²) in [5.41, 5.74) is 1.57. The van der Waals surface area contributed by atoms with Crippen LogP contribution in [-0.4, -0.2) is 35.6 Å². The van der Waals surface area contributed by atoms with Crippen LogP contribution in [0.5, 0.6) is 0 Å². The van der Waals surface area contributed by atoms with E-state index in [1.54, 1.807) is 4.88 Å². The minimum Gasteiger partial charge on any atom is -0.305 e. The van der Waals surface area contributed by atoms with Gasteiger partial charge in [-0.1, -0.05) is 6.92 Å². The van der Waals surface area contributed by atoms with Crippen LogP contribution in [0.3, 0.4) is 0 Å². The van der Waals surface area contributed by atoms with E-state index in [0.717, 1.165) is 12.6 Å². The SMILES string of the molecule is CCNC1(c2nc3c(s2)CCCC3)CCN(C2CC2)C1. The van der Waals surface area contributed by atoms with E-state index in [0.29, 0.717) is 0 Å². The normalized spacial score (nSPS) is 30.6. The second-order valence-corrected chi connectivity index (χ2v) is 7.74. The van der Waals surface area contributed by atoms with Gasteiger partial charge >= 0.3 is 0 Å². The number of hydrogen-bond donors (Lipinski definition) is 1. The van der Waals surface area contributed by atoms with Gasteiger partial charge in [0.05, 0.1) is 11.2 Å². The molecule has 3 nitrogen and oxygen atoms in total. The number of nitrogens with one attached hydrogen (secondary N) is 1. The maximum atomic E-state index is 5.07. The van der Waals surface area contributed by atoms with Crippen LogP contribution in [0.4, 0.5) is 0 Å². The summed E-state index contributed by atoms with van der Waals surface area (Å²) < 4.78 is 0. The molecule has 0 radical (unpaired) electrons. The molecular formula is C16H25N3S. The first-order valence-electron chi connectivity index (χ1n) is 8.29. The first kappa shape index (κ1) is 13.2. The van der Waals surface area contributed by atoms with Crippen molar-refractivity contribution in [2.75, 3.05) is 19.6 Å². The highest BCUT2D eigenvalue weighted by atomic mass is 32.1. The lowest BCUT2D eigenvalue weighted by molar-refractivity contribution is 0.276. The lowest BCUT2D eigenvalue weighted by atomic mass is 9.99. The van der Waals surface area contributed by atoms with Gasteiger partial charge in [0.1, 0.15) is 5.01 Å². The van der Waals surface area contributed by atoms with Crippen molar-refractivity contribution in [1.29, 1.82) is 0 Å². The smallest absolute Gasteiger partial charge is 0.115 e. The average molecular weight is 291 g/mol. The molecule has 0 aromatic carbocycles. The van der Waals surface area contributed by atoms with E-state index in [1.165, 1.54) is 68.7 Å². The highest BCUT2D eigenvalue weighted by Crippen LogP contribution is 2.41. The fraction of sp³-hybridized carbons (Fsp3) is 0.812. The van der Waals surface area contributed by atoms with Gasteiger partial charge in [0.2, 0.25) is 0 Å². The molecule has 1 atom stereocenters. The van der Waals surface area contributed by atoms with E-state index in [4.69, 9.17) is 4.98 Å². The van der Waals surface area contributed by atoms with E-state index in [2.05, 4.69) is 17.1 Å². The fourth-order valence-electron chi connectivity index (χ4n) is 3.88. The third kappa shape index (κ3) is 2.22. The quantitative estimate of drug-likeness (QED) is 0.924. The van der Waals surface area contributed by atoms with Crippen molar-refractivity contribution in [3.63, 3.8) is 0 Å². The number of nitrogens with zero attached hydrogens (tertiary/aromatic N) is 2. The number of hydrogen-bond acceptors (Lipinski definition) is 4. The van der Waals surface area contributed by atoms with Gasteiger partial charge in [-0.05, 0) is 51.5 Å². The summed E-state index contributed by atoms with van der Waals surface area (Å²) in [5, 5.41) is 5.19. The number of fused-ring (bicyclic) bond motifs is 1. The highest BCUT2D eigenvalue weighted by molar-refractivity contribution is 7.11. The Hall–Kier alpha value is -0.450. The lowest BCUT2D eigenvalue weighted by Gasteiger charge is -2.28. The van der Waals surface area contributed by atoms with Gasteiger partial charge in [-0.15, -0.1) is 11.3 Å². The number of thiazole rings is 1. The molecule has 4 rings (SSSR count). The Morgan fingerprint density at radius 1 is 1.35 bits per heavy atom. The Bertz CT molecular complexity index is 470. The van der Waals surface area contributed by atoms with Crippen molar-refractivity contribution in [2.45, 2.75) is 63.5 Å². The third-order valence-corrected chi connectivity index (χ3v) is 6.49. The Morgan fingerprint density at radius 2 is 2.20 bits per heavy atom. The molecule has 20 heavy (non-hydrogen) atoms. The summed E-state index contributed by atoms with van der Waals surface area (Å²) in [5.74, 6) is 0. The summed E-state index contributed by atoms with van der Waals surface area (Å²) >= 11 is 2.01. The van der Waals surface area contributed by atoms with E-state index in [1.807, 2.05) is 11.3 Å². The molecule has 1 saturated carbocycles. The van der Waals surface area contributed by atoms with Gasteiger partial charge < -0.3 is 5.32 Å². The van der Waals surface area contributed by atoms with Gasteiger partial charge in [-0.2, -0.15) is 0 Å². The molecule has 1 aliphatic heterocycles. The molecule has 1 aromatic heterocycles. The Labute approximate surface area is 125 Å². The number of likely N-dealkylation sites (tertiary alicyclic amines) is 1. The Balaban J connectivity index is 1.63. The summed E-state index contributed by atoms with van der Waals surface area (Å²) in [6, 6.07) is 0.880. The van der Waals surface area contributed by atoms with Crippen molar-refractivity contribution in [3.8, 4) is 0 Å². The minimum absolute atomic E-state index is 0.152. The molecule has 1 aromatic rings. The summed E-state index contributed by atoms with van der Waals surface area (Å²) in [4.78, 5) is 9.34. The number of aromatic nitrogens is 1. The molecule has 110 valence electrons. The molecule has 2 fully saturated rings. The van der Waals surface area contributed by atoms with E-state index >= 15 is 0 Å². The molecule has 0 spiro atoms. The topological polar surface area (TPSA) is 28.2 Å². The molecule has 2 heterocycles. The van der Waals surface area contributed by atoms with Gasteiger partial charge in [-0.25, -0.2) is 4.98 Å². The zero-order valence-electron chi connectivity index (χ0n) is 12.5. The number of likely N-dealkylation sites (N-methyl/N-ethyl adjacent to an activating group) is 1. The predicted octanol–water partition coefficient (Wildman–Crippen LogP) is 2.69. The van der Waals surface area contributed by atoms with Crippen molar-refractivity contribution in [2.24, 2.45) is 0 Å². The van der Waals surface area contributed by atoms with Crippen LogP contribution >= 0.6 is 11.3 Å². The van der Waals surface area contributed by atoms with Crippen LogP contribution in [0, 0.1) is 0 Å². The summed E-state index contributed by atoms with van der Waals surface area (Å²) in [7, 11) is 0. The first-order chi connectivity index (χ1) is 9.81. The second-order valence-electron chi connectivity index (χ2n) is 6.66. The monoisotopic (exact) mass is 291 g/mol. The molecule has 1 N–H and O–H groups in total. The zero-order valence-corrected chi connectivity index (χ0v) is 13.3. The maximum absolute atomic E-state index is 5.07. The van der Waals surface area contributed by atoms with Crippen molar-refractivity contribution < 1.29 is 0 Å². The third-order valence-electron chi connectivity index (χ3n) is 5.13. The Morgan fingerprint density at radius 3 is 2.95 bits per heavy atom. The standard InChI is InChI=1S/C16H25N3S/c1-2-17-16(9-10-19(11-16)12-7-8-12)15-18-13-5-3-4-6-14(13)20-15/h12,17H,2-11H2,1H3. The van der Waals surface area contributed by atoms with E-state index < -0.39 is 0 Å². The van der Waals surface area contributed by atoms with Crippen LogP contribution in [0.15, 0.2) is 0 Å². The summed E-state index contributed by atoms with van der Waals surface area (Å²) in [6.45, 7) is 5.71. The van der Waals surface area contributed by atoms with Gasteiger partial charge in [0, 0.05) is 24.0 Å². The molecule has 1 unspecified atom stereocenters. The van der Waals surface area contributed by atoms with Crippen LogP contribution in [-0.2, 0) is 18.4 Å². The maximum Gasteiger partial charge on any atom is 0.115 e. The molecule has 4 heteroatoms. The lowest BCUT2D eigenvalue weighted by Crippen LogP contribution is -2.45. The van der Waals surface area contributed by atoms with E-state index in [-0.39, 0.29) is 5.54 Å². The highest BCUT2D eigenvalue weighted by Gasteiger charge is 2.45. The number of rotatable bonds is 4. The largest absolute Gasteiger partial charge is 0.305 e. The van der Waals surface area contributed by atoms with E-state index in [9.17, 15) is 0 Å².